The molecule has 0 aliphatic rings. The minimum absolute atomic E-state index is 0.0301. The van der Waals surface area contributed by atoms with Crippen LogP contribution in [-0.2, 0) is 34.5 Å². The Balaban J connectivity index is 0.992. The molecule has 4 nitrogen and oxygen atoms in total. The van der Waals surface area contributed by atoms with Crippen molar-refractivity contribution < 1.29 is 0 Å². The van der Waals surface area contributed by atoms with E-state index in [-0.39, 0.29) is 21.7 Å². The van der Waals surface area contributed by atoms with E-state index in [4.69, 9.17) is 0 Å². The van der Waals surface area contributed by atoms with E-state index in [9.17, 15) is 0 Å². The van der Waals surface area contributed by atoms with Crippen molar-refractivity contribution in [2.75, 3.05) is 19.6 Å². The molecule has 0 aliphatic heterocycles. The third-order valence-corrected chi connectivity index (χ3v) is 25.7. The fourth-order valence-electron chi connectivity index (χ4n) is 18.2. The van der Waals surface area contributed by atoms with Gasteiger partial charge in [-0.2, -0.15) is 0 Å². The maximum absolute atomic E-state index is 2.55. The van der Waals surface area contributed by atoms with Gasteiger partial charge in [0.15, 0.2) is 0 Å². The largest absolute Gasteiger partial charge is 0.310 e. The number of unbranched alkanes of at least 4 members (excludes halogenated alkanes) is 10. The Bertz CT molecular complexity index is 5590. The molecule has 16 rings (SSSR count). The van der Waals surface area contributed by atoms with Crippen molar-refractivity contribution in [3.63, 3.8) is 0 Å². The van der Waals surface area contributed by atoms with Crippen molar-refractivity contribution in [2.45, 2.75) is 208 Å². The number of aryl methyl sites for hydroxylation is 2. The average molecular weight is 1620 g/mol. The lowest BCUT2D eigenvalue weighted by Gasteiger charge is -2.34. The van der Waals surface area contributed by atoms with Crippen molar-refractivity contribution in [2.24, 2.45) is 0 Å². The molecule has 0 radical (unpaired) electrons. The van der Waals surface area contributed by atoms with E-state index in [1.165, 1.54) is 166 Å². The Labute approximate surface area is 741 Å². The zero-order valence-electron chi connectivity index (χ0n) is 76.0. The Morgan fingerprint density at radius 1 is 0.185 bits per heavy atom. The van der Waals surface area contributed by atoms with Crippen LogP contribution in [0.3, 0.4) is 0 Å². The van der Waals surface area contributed by atoms with Crippen molar-refractivity contribution in [1.29, 1.82) is 0 Å². The highest BCUT2D eigenvalue weighted by molar-refractivity contribution is 6.33. The molecular weight excluding hydrogens is 1500 g/mol. The van der Waals surface area contributed by atoms with Crippen LogP contribution in [0.5, 0.6) is 0 Å². The molecule has 124 heavy (non-hydrogen) atoms. The fraction of sp³-hybridized carbons (Fsp3) is 0.267. The number of para-hydroxylation sites is 2. The van der Waals surface area contributed by atoms with Gasteiger partial charge in [0.05, 0.1) is 22.7 Å². The minimum atomic E-state index is 0.0301. The summed E-state index contributed by atoms with van der Waals surface area (Å²) >= 11 is 0. The molecule has 0 fully saturated rings. The number of benzene rings is 16. The molecule has 0 aromatic heterocycles. The number of anilines is 12. The third-order valence-electron chi connectivity index (χ3n) is 25.7. The van der Waals surface area contributed by atoms with E-state index in [1.807, 2.05) is 0 Å². The molecule has 0 atom stereocenters. The SMILES string of the molecule is CCCCCCCCc1ccc(N(c2ccccc2)c2cc(N(c3ccc(-c4ccc(C(C)(C)C)cc4)cc3)c3ccc(-c4ccc(C(C)(C)C)cc4)cc3)c3ccc4c(N(c5ccccc5)c5ccc(CCCCCCCC)cc5)cc(N(c5ccc(-c6ccc(C(C)(C)C)cc6)cc5)c5ccc(-c6ccc(C(C)(C)C)cc6)cc5)c5ccc2c3c45)cc1. The van der Waals surface area contributed by atoms with E-state index >= 15 is 0 Å². The number of nitrogens with zero attached hydrogens (tertiary/aromatic N) is 4. The molecular formula is C120H126N4. The molecule has 0 spiro atoms. The van der Waals surface area contributed by atoms with E-state index in [0.717, 1.165) is 103 Å². The van der Waals surface area contributed by atoms with Gasteiger partial charge in [-0.1, -0.05) is 392 Å². The highest BCUT2D eigenvalue weighted by Gasteiger charge is 2.31. The van der Waals surface area contributed by atoms with Crippen molar-refractivity contribution >= 4 is 101 Å². The Morgan fingerprint density at radius 3 is 0.581 bits per heavy atom. The molecule has 0 saturated carbocycles. The maximum atomic E-state index is 2.55. The molecule has 0 unspecified atom stereocenters. The van der Waals surface area contributed by atoms with E-state index < -0.39 is 0 Å². The summed E-state index contributed by atoms with van der Waals surface area (Å²) in [5, 5.41) is 6.89. The molecule has 626 valence electrons. The van der Waals surface area contributed by atoms with Crippen molar-refractivity contribution in [3.05, 3.63) is 373 Å². The topological polar surface area (TPSA) is 13.0 Å². The quantitative estimate of drug-likeness (QED) is 0.0329. The summed E-state index contributed by atoms with van der Waals surface area (Å²) in [4.78, 5) is 10.2. The monoisotopic (exact) mass is 1620 g/mol. The van der Waals surface area contributed by atoms with Gasteiger partial charge in [-0.3, -0.25) is 0 Å². The van der Waals surface area contributed by atoms with Crippen molar-refractivity contribution in [3.8, 4) is 44.5 Å². The lowest BCUT2D eigenvalue weighted by molar-refractivity contribution is 0.590. The lowest BCUT2D eigenvalue weighted by Crippen LogP contribution is -2.16. The molecule has 4 heteroatoms. The van der Waals surface area contributed by atoms with Gasteiger partial charge in [-0.25, -0.2) is 0 Å². The zero-order valence-corrected chi connectivity index (χ0v) is 76.0. The average Bonchev–Trinajstić information content (AvgIpc) is 0.698. The minimum Gasteiger partial charge on any atom is -0.310 e. The first-order chi connectivity index (χ1) is 59.9. The molecule has 0 amide bonds. The van der Waals surface area contributed by atoms with Crippen molar-refractivity contribution in [1.82, 2.24) is 0 Å². The summed E-state index contributed by atoms with van der Waals surface area (Å²) in [5.41, 5.74) is 30.3. The van der Waals surface area contributed by atoms with Gasteiger partial charge in [0.1, 0.15) is 0 Å². The molecule has 16 aromatic rings. The van der Waals surface area contributed by atoms with Gasteiger partial charge < -0.3 is 19.6 Å². The molecule has 0 heterocycles. The lowest BCUT2D eigenvalue weighted by atomic mass is 9.86. The summed E-state index contributed by atoms with van der Waals surface area (Å²) in [6, 6.07) is 131. The van der Waals surface area contributed by atoms with Crippen LogP contribution in [0, 0.1) is 0 Å². The van der Waals surface area contributed by atoms with Crippen LogP contribution in [0.4, 0.5) is 68.2 Å². The number of hydrogen-bond acceptors (Lipinski definition) is 4. The maximum Gasteiger partial charge on any atom is 0.0561 e. The first-order valence-corrected chi connectivity index (χ1v) is 46.1. The molecule has 0 bridgehead atoms. The summed E-state index contributed by atoms with van der Waals surface area (Å²) < 4.78 is 0. The predicted octanol–water partition coefficient (Wildman–Crippen LogP) is 36.1. The summed E-state index contributed by atoms with van der Waals surface area (Å²) in [6.07, 6.45) is 17.2. The summed E-state index contributed by atoms with van der Waals surface area (Å²) in [7, 11) is 0. The second kappa shape index (κ2) is 37.1. The number of hydrogen-bond donors (Lipinski definition) is 0. The Hall–Kier alpha value is -12.2. The fourth-order valence-corrected chi connectivity index (χ4v) is 18.2. The Morgan fingerprint density at radius 2 is 0.371 bits per heavy atom. The predicted molar refractivity (Wildman–Crippen MR) is 540 cm³/mol. The summed E-state index contributed by atoms with van der Waals surface area (Å²) in [5.74, 6) is 0. The van der Waals surface area contributed by atoms with Crippen LogP contribution < -0.4 is 19.6 Å². The highest BCUT2D eigenvalue weighted by atomic mass is 15.2. The second-order valence-corrected chi connectivity index (χ2v) is 38.8. The Kier molecular flexibility index (Phi) is 25.5. The second-order valence-electron chi connectivity index (χ2n) is 38.8. The van der Waals surface area contributed by atoms with Gasteiger partial charge in [0, 0.05) is 77.8 Å². The van der Waals surface area contributed by atoms with E-state index in [1.54, 1.807) is 0 Å². The first-order valence-electron chi connectivity index (χ1n) is 46.1. The highest BCUT2D eigenvalue weighted by Crippen LogP contribution is 2.56. The normalized spacial score (nSPS) is 12.1. The molecule has 16 aromatic carbocycles. The smallest absolute Gasteiger partial charge is 0.0561 e. The standard InChI is InChI=1S/C120H126N4/c1-15-17-19-21-23-27-33-85-39-67-101(68-40-85)121(99-35-29-25-30-36-99)111-83-113(123(103-71-51-91(52-72-103)87-43-59-95(60-44-87)117(3,4)5)104-73-53-92(54-74-104)88-45-61-96(62-46-88)118(6,7)8)109-82-80-108-112(122(100-37-31-26-32-38-100)102-69-41-86(42-70-102)34-28-24-22-20-18-16-2)84-114(110-81-79-107(111)115(109)116(108)110)124(105-75-55-93(56-76-105)89-47-63-97(64-48-89)119(9,10)11)106-77-57-94(58-78-106)90-49-65-98(66-50-90)120(12,13)14/h25-26,29-32,35-84H,15-24,27-28,33-34H2,1-14H3. The molecule has 0 saturated heterocycles. The van der Waals surface area contributed by atoms with E-state index in [2.05, 4.69) is 456 Å². The van der Waals surface area contributed by atoms with Gasteiger partial charge in [-0.05, 0) is 234 Å². The van der Waals surface area contributed by atoms with E-state index in [0.29, 0.717) is 0 Å². The van der Waals surface area contributed by atoms with Crippen LogP contribution in [-0.4, -0.2) is 0 Å². The van der Waals surface area contributed by atoms with Gasteiger partial charge in [-0.15, -0.1) is 0 Å². The van der Waals surface area contributed by atoms with Crippen LogP contribution >= 0.6 is 0 Å². The molecule has 0 aliphatic carbocycles. The van der Waals surface area contributed by atoms with Gasteiger partial charge in [0.2, 0.25) is 0 Å². The van der Waals surface area contributed by atoms with Gasteiger partial charge >= 0.3 is 0 Å². The van der Waals surface area contributed by atoms with Crippen LogP contribution in [0.25, 0.3) is 76.8 Å². The third kappa shape index (κ3) is 18.9. The number of rotatable bonds is 30. The molecule has 0 N–H and O–H groups in total. The summed E-state index contributed by atoms with van der Waals surface area (Å²) in [6.45, 7) is 32.1. The van der Waals surface area contributed by atoms with Gasteiger partial charge in [0.25, 0.3) is 0 Å². The van der Waals surface area contributed by atoms with Crippen LogP contribution in [0.1, 0.15) is 207 Å². The zero-order chi connectivity index (χ0) is 86.3. The van der Waals surface area contributed by atoms with Crippen LogP contribution in [0.15, 0.2) is 340 Å². The first kappa shape index (κ1) is 85.3. The van der Waals surface area contributed by atoms with Crippen LogP contribution in [0.2, 0.25) is 0 Å².